The first-order valence-electron chi connectivity index (χ1n) is 8.31. The van der Waals surface area contributed by atoms with Crippen LogP contribution in [0.5, 0.6) is 0 Å². The molecule has 0 radical (unpaired) electrons. The van der Waals surface area contributed by atoms with Crippen LogP contribution in [0.3, 0.4) is 0 Å². The summed E-state index contributed by atoms with van der Waals surface area (Å²) in [5.74, 6) is -9.07. The zero-order valence-corrected chi connectivity index (χ0v) is 16.1. The van der Waals surface area contributed by atoms with Gasteiger partial charge in [-0.05, 0) is 31.9 Å². The lowest BCUT2D eigenvalue weighted by atomic mass is 10.2. The summed E-state index contributed by atoms with van der Waals surface area (Å²) in [5, 5.41) is 34.0. The summed E-state index contributed by atoms with van der Waals surface area (Å²) in [6.45, 7) is 1.45. The highest BCUT2D eigenvalue weighted by molar-refractivity contribution is 7.89. The number of aliphatic carboxylic acids is 2. The highest BCUT2D eigenvalue weighted by Gasteiger charge is 2.41. The fraction of sp³-hybridized carbons (Fsp3) is 0.412. The van der Waals surface area contributed by atoms with Crippen molar-refractivity contribution in [3.63, 3.8) is 0 Å². The van der Waals surface area contributed by atoms with Crippen LogP contribution in [0.15, 0.2) is 40.8 Å². The van der Waals surface area contributed by atoms with Crippen molar-refractivity contribution in [2.45, 2.75) is 36.7 Å². The number of halogens is 2. The highest BCUT2D eigenvalue weighted by Crippen LogP contribution is 2.30. The van der Waals surface area contributed by atoms with Gasteiger partial charge in [-0.3, -0.25) is 0 Å². The van der Waals surface area contributed by atoms with Crippen LogP contribution in [-0.2, 0) is 19.6 Å². The molecule has 9 nitrogen and oxygen atoms in total. The minimum absolute atomic E-state index is 0.205. The third-order valence-corrected chi connectivity index (χ3v) is 6.16. The van der Waals surface area contributed by atoms with Gasteiger partial charge in [-0.25, -0.2) is 18.0 Å². The molecule has 0 aromatic heterocycles. The van der Waals surface area contributed by atoms with Crippen molar-refractivity contribution in [2.24, 2.45) is 0 Å². The maximum atomic E-state index is 12.6. The zero-order chi connectivity index (χ0) is 22.4. The first-order valence-corrected chi connectivity index (χ1v) is 9.75. The average Bonchev–Trinajstić information content (AvgIpc) is 3.11. The molecule has 1 aliphatic heterocycles. The molecule has 162 valence electrons. The number of benzene rings is 1. The molecule has 1 fully saturated rings. The summed E-state index contributed by atoms with van der Waals surface area (Å²) in [5.41, 5.74) is 0.984. The topological polar surface area (TPSA) is 152 Å². The monoisotopic (exact) mass is 437 g/mol. The standard InChI is InChI=1S/C13H19NO4S.C4H2F2O4/c1-10-2-6-13(7-3-10)19(17,18)14-11(8-15)4-5-12(14)9-16;5-1(3(7)8)2(6)4(9)10/h2-3,6-7,11-12,15-16H,4-5,8-9H2,1H3;(H,7,8)(H,9,10)/b;2-1+. The Kier molecular flexibility index (Phi) is 8.82. The third kappa shape index (κ3) is 6.03. The number of aliphatic hydroxyl groups is 2. The summed E-state index contributed by atoms with van der Waals surface area (Å²) in [6, 6.07) is 5.72. The van der Waals surface area contributed by atoms with Crippen molar-refractivity contribution < 1.29 is 47.2 Å². The lowest BCUT2D eigenvalue weighted by Crippen LogP contribution is -2.44. The van der Waals surface area contributed by atoms with E-state index >= 15 is 0 Å². The Balaban J connectivity index is 0.000000359. The molecule has 1 aliphatic rings. The van der Waals surface area contributed by atoms with E-state index in [1.54, 1.807) is 24.3 Å². The largest absolute Gasteiger partial charge is 0.476 e. The molecule has 1 aromatic carbocycles. The molecule has 1 heterocycles. The molecule has 29 heavy (non-hydrogen) atoms. The van der Waals surface area contributed by atoms with Gasteiger partial charge >= 0.3 is 11.9 Å². The minimum atomic E-state index is -3.66. The summed E-state index contributed by atoms with van der Waals surface area (Å²) in [4.78, 5) is 19.2. The molecule has 2 unspecified atom stereocenters. The van der Waals surface area contributed by atoms with Gasteiger partial charge in [-0.2, -0.15) is 13.1 Å². The molecule has 2 rings (SSSR count). The lowest BCUT2D eigenvalue weighted by Gasteiger charge is -2.27. The number of hydrogen-bond donors (Lipinski definition) is 4. The summed E-state index contributed by atoms with van der Waals surface area (Å²) in [7, 11) is -3.66. The van der Waals surface area contributed by atoms with Gasteiger partial charge in [0.15, 0.2) is 0 Å². The SMILES string of the molecule is Cc1ccc(S(=O)(=O)N2C(CO)CCC2CO)cc1.O=C(O)/C(F)=C(\F)C(=O)O. The molecule has 0 bridgehead atoms. The predicted molar refractivity (Wildman–Crippen MR) is 95.7 cm³/mol. The van der Waals surface area contributed by atoms with E-state index in [0.717, 1.165) is 5.56 Å². The Morgan fingerprint density at radius 1 is 0.966 bits per heavy atom. The van der Waals surface area contributed by atoms with Gasteiger partial charge in [-0.15, -0.1) is 0 Å². The molecule has 0 amide bonds. The number of nitrogens with zero attached hydrogens (tertiary/aromatic N) is 1. The Morgan fingerprint density at radius 3 is 1.66 bits per heavy atom. The van der Waals surface area contributed by atoms with Crippen LogP contribution in [0, 0.1) is 6.92 Å². The second-order valence-corrected chi connectivity index (χ2v) is 7.98. The number of aryl methyl sites for hydroxylation is 1. The minimum Gasteiger partial charge on any atom is -0.476 e. The number of aliphatic hydroxyl groups excluding tert-OH is 2. The third-order valence-electron chi connectivity index (χ3n) is 4.14. The van der Waals surface area contributed by atoms with E-state index in [-0.39, 0.29) is 18.1 Å². The lowest BCUT2D eigenvalue weighted by molar-refractivity contribution is -0.138. The van der Waals surface area contributed by atoms with Crippen molar-refractivity contribution in [2.75, 3.05) is 13.2 Å². The molecular formula is C17H21F2NO8S. The van der Waals surface area contributed by atoms with E-state index in [1.807, 2.05) is 6.92 Å². The van der Waals surface area contributed by atoms with Crippen molar-refractivity contribution >= 4 is 22.0 Å². The van der Waals surface area contributed by atoms with Gasteiger partial charge in [0.2, 0.25) is 10.0 Å². The van der Waals surface area contributed by atoms with Crippen molar-refractivity contribution in [1.82, 2.24) is 4.31 Å². The number of carbonyl (C=O) groups is 2. The van der Waals surface area contributed by atoms with Crippen LogP contribution < -0.4 is 0 Å². The van der Waals surface area contributed by atoms with Gasteiger partial charge in [0.05, 0.1) is 18.1 Å². The highest BCUT2D eigenvalue weighted by atomic mass is 32.2. The molecule has 2 atom stereocenters. The molecule has 0 saturated carbocycles. The Bertz CT molecular complexity index is 836. The van der Waals surface area contributed by atoms with Crippen LogP contribution in [0.25, 0.3) is 0 Å². The van der Waals surface area contributed by atoms with Crippen LogP contribution >= 0.6 is 0 Å². The number of hydrogen-bond acceptors (Lipinski definition) is 6. The van der Waals surface area contributed by atoms with Crippen LogP contribution in [-0.4, -0.2) is 70.4 Å². The van der Waals surface area contributed by atoms with E-state index in [0.29, 0.717) is 12.8 Å². The smallest absolute Gasteiger partial charge is 0.368 e. The van der Waals surface area contributed by atoms with Gasteiger partial charge < -0.3 is 20.4 Å². The zero-order valence-electron chi connectivity index (χ0n) is 15.3. The maximum absolute atomic E-state index is 12.6. The number of sulfonamides is 1. The average molecular weight is 437 g/mol. The quantitative estimate of drug-likeness (QED) is 0.477. The molecule has 0 spiro atoms. The molecular weight excluding hydrogens is 416 g/mol. The van der Waals surface area contributed by atoms with Crippen LogP contribution in [0.4, 0.5) is 8.78 Å². The number of rotatable bonds is 6. The maximum Gasteiger partial charge on any atom is 0.368 e. The van der Waals surface area contributed by atoms with E-state index in [4.69, 9.17) is 10.2 Å². The van der Waals surface area contributed by atoms with Crippen molar-refractivity contribution in [1.29, 1.82) is 0 Å². The molecule has 0 aliphatic carbocycles. The van der Waals surface area contributed by atoms with E-state index in [9.17, 15) is 37.0 Å². The fourth-order valence-electron chi connectivity index (χ4n) is 2.69. The summed E-state index contributed by atoms with van der Waals surface area (Å²) in [6.07, 6.45) is 1.15. The molecule has 1 saturated heterocycles. The second-order valence-electron chi connectivity index (χ2n) is 6.14. The van der Waals surface area contributed by atoms with Crippen LogP contribution in [0.1, 0.15) is 18.4 Å². The second kappa shape index (κ2) is 10.4. The van der Waals surface area contributed by atoms with Crippen LogP contribution in [0.2, 0.25) is 0 Å². The first kappa shape index (κ1) is 24.6. The summed E-state index contributed by atoms with van der Waals surface area (Å²) < 4.78 is 49.8. The van der Waals surface area contributed by atoms with E-state index in [1.165, 1.54) is 4.31 Å². The first-order chi connectivity index (χ1) is 13.5. The van der Waals surface area contributed by atoms with E-state index < -0.39 is 45.7 Å². The predicted octanol–water partition coefficient (Wildman–Crippen LogP) is 0.808. The van der Waals surface area contributed by atoms with Crippen molar-refractivity contribution in [3.8, 4) is 0 Å². The Labute approximate surface area is 165 Å². The molecule has 4 N–H and O–H groups in total. The Hall–Kier alpha value is -2.41. The Morgan fingerprint density at radius 2 is 1.34 bits per heavy atom. The van der Waals surface area contributed by atoms with Gasteiger partial charge in [0.1, 0.15) is 0 Å². The number of carboxylic acids is 2. The van der Waals surface area contributed by atoms with Gasteiger partial charge in [0, 0.05) is 12.1 Å². The van der Waals surface area contributed by atoms with Gasteiger partial charge in [0.25, 0.3) is 11.7 Å². The molecule has 1 aromatic rings. The number of carboxylic acid groups (broad SMARTS) is 2. The summed E-state index contributed by atoms with van der Waals surface area (Å²) >= 11 is 0. The van der Waals surface area contributed by atoms with Gasteiger partial charge in [-0.1, -0.05) is 17.7 Å². The molecule has 12 heteroatoms. The fourth-order valence-corrected chi connectivity index (χ4v) is 4.55. The van der Waals surface area contributed by atoms with Crippen molar-refractivity contribution in [3.05, 3.63) is 41.5 Å². The van der Waals surface area contributed by atoms with E-state index in [2.05, 4.69) is 0 Å². The normalized spacial score (nSPS) is 20.4.